The van der Waals surface area contributed by atoms with E-state index < -0.39 is 0 Å². The summed E-state index contributed by atoms with van der Waals surface area (Å²) in [6.45, 7) is 3.69. The molecule has 0 aliphatic heterocycles. The molecule has 0 atom stereocenters. The van der Waals surface area contributed by atoms with Crippen LogP contribution in [0.15, 0.2) is 28.4 Å². The van der Waals surface area contributed by atoms with E-state index in [2.05, 4.69) is 11.7 Å². The van der Waals surface area contributed by atoms with E-state index in [1.54, 1.807) is 0 Å². The van der Waals surface area contributed by atoms with Gasteiger partial charge in [0.2, 0.25) is 0 Å². The van der Waals surface area contributed by atoms with Gasteiger partial charge >= 0.3 is 22.2 Å². The minimum Gasteiger partial charge on any atom is -0.323 e. The van der Waals surface area contributed by atoms with Crippen molar-refractivity contribution in [3.63, 3.8) is 0 Å². The van der Waals surface area contributed by atoms with Crippen molar-refractivity contribution in [3.05, 3.63) is 39.7 Å². The molecule has 0 aromatic carbocycles. The molecule has 6 heteroatoms. The van der Waals surface area contributed by atoms with Crippen LogP contribution in [0.3, 0.4) is 0 Å². The van der Waals surface area contributed by atoms with Crippen molar-refractivity contribution in [1.29, 1.82) is 0 Å². The Balaban J connectivity index is 3.43. The van der Waals surface area contributed by atoms with E-state index >= 15 is 0 Å². The monoisotopic (exact) mass is 181 g/mol. The minimum absolute atomic E-state index is 0.239. The van der Waals surface area contributed by atoms with Gasteiger partial charge in [-0.2, -0.15) is 5.10 Å². The molecule has 0 fully saturated rings. The zero-order valence-corrected chi connectivity index (χ0v) is 8.73. The third kappa shape index (κ3) is 1.55. The normalized spacial score (nSPS) is 9.67. The lowest BCUT2D eigenvalue weighted by molar-refractivity contribution is 0.655. The van der Waals surface area contributed by atoms with Crippen LogP contribution in [0.1, 0.15) is 0 Å². The predicted molar refractivity (Wildman–Crippen MR) is 46.9 cm³/mol. The number of aromatic nitrogens is 3. The fourth-order valence-corrected chi connectivity index (χ4v) is 1.18. The average Bonchev–Trinajstić information content (AvgIpc) is 2.06. The van der Waals surface area contributed by atoms with E-state index in [-0.39, 0.29) is 17.8 Å². The van der Waals surface area contributed by atoms with E-state index in [0.717, 1.165) is 10.8 Å². The van der Waals surface area contributed by atoms with Crippen LogP contribution in [0.25, 0.3) is 0 Å². The summed E-state index contributed by atoms with van der Waals surface area (Å²) < 4.78 is 2.33. The second-order valence-corrected chi connectivity index (χ2v) is 3.14. The summed E-state index contributed by atoms with van der Waals surface area (Å²) in [7, 11) is 0. The Bertz CT molecular complexity index is 406. The van der Waals surface area contributed by atoms with Crippen LogP contribution in [-0.2, 0) is 6.54 Å². The zero-order valence-electron chi connectivity index (χ0n) is 6.73. The molecule has 0 unspecified atom stereocenters. The Morgan fingerprint density at radius 1 is 1.67 bits per heavy atom. The minimum atomic E-state index is -0.382. The van der Waals surface area contributed by atoms with Gasteiger partial charge in [-0.1, -0.05) is 6.08 Å². The second kappa shape index (κ2) is 3.52. The van der Waals surface area contributed by atoms with Crippen molar-refractivity contribution < 1.29 is 0 Å². The van der Waals surface area contributed by atoms with E-state index in [4.69, 9.17) is 0 Å². The molecule has 1 aromatic heterocycles. The average molecular weight is 181 g/mol. The van der Waals surface area contributed by atoms with Gasteiger partial charge in [0.25, 0.3) is 5.56 Å². The number of hydrogen-bond acceptors (Lipinski definition) is 3. The summed E-state index contributed by atoms with van der Waals surface area (Å²) in [6, 6.07) is 0. The maximum atomic E-state index is 11.2. The molecule has 62 valence electrons. The smallest absolute Gasteiger partial charge is 0.323 e. The lowest BCUT2D eigenvalue weighted by Gasteiger charge is -2.01. The molecule has 0 radical (unpaired) electrons. The fourth-order valence-electron chi connectivity index (χ4n) is 0.821. The van der Waals surface area contributed by atoms with Gasteiger partial charge in [0.05, 0.1) is 0 Å². The molecule has 0 bridgehead atoms. The van der Waals surface area contributed by atoms with Crippen LogP contribution >= 0.6 is 0 Å². The molecule has 0 saturated carbocycles. The fraction of sp³-hybridized carbons (Fsp3) is 0.167. The standard InChI is InChI=1S/C6H7N3O2.Al.2H/c1-2-3-9-5(10)4-7-8-6(9)11;;;/h2,4H,1,3H2,(H,8,10,11);;;/q;+1;;/p-1. The van der Waals surface area contributed by atoms with E-state index in [1.165, 1.54) is 9.74 Å². The van der Waals surface area contributed by atoms with Gasteiger partial charge in [-0.05, 0) is 0 Å². The largest absolute Gasteiger partial charge is 0.406 e. The highest BCUT2D eigenvalue weighted by Crippen LogP contribution is 1.70. The molecule has 0 saturated heterocycles. The summed E-state index contributed by atoms with van der Waals surface area (Å²) in [4.78, 5) is 22.3. The predicted octanol–water partition coefficient (Wildman–Crippen LogP) is -2.01. The zero-order chi connectivity index (χ0) is 9.14. The van der Waals surface area contributed by atoms with Gasteiger partial charge in [-0.3, -0.25) is 9.36 Å². The lowest BCUT2D eigenvalue weighted by atomic mass is 10.6. The Morgan fingerprint density at radius 3 is 2.92 bits per heavy atom. The van der Waals surface area contributed by atoms with Crippen LogP contribution in [-0.4, -0.2) is 29.8 Å². The molecule has 1 aromatic rings. The van der Waals surface area contributed by atoms with Crippen LogP contribution < -0.4 is 11.2 Å². The van der Waals surface area contributed by atoms with Crippen LogP contribution in [0.2, 0.25) is 0 Å². The van der Waals surface area contributed by atoms with E-state index in [0.29, 0.717) is 16.5 Å². The molecule has 0 N–H and O–H groups in total. The van der Waals surface area contributed by atoms with Crippen molar-refractivity contribution in [1.82, 2.24) is 13.3 Å². The third-order valence-corrected chi connectivity index (χ3v) is 2.04. The molecule has 12 heavy (non-hydrogen) atoms. The maximum absolute atomic E-state index is 11.2. The molecule has 0 aliphatic carbocycles. The van der Waals surface area contributed by atoms with Gasteiger partial charge < -0.3 is 3.67 Å². The summed E-state index contributed by atoms with van der Waals surface area (Å²) in [5.74, 6) is 0. The van der Waals surface area contributed by atoms with Crippen molar-refractivity contribution in [2.24, 2.45) is 0 Å². The number of hydrogen-bond donors (Lipinski definition) is 0. The molecule has 1 rings (SSSR count). The van der Waals surface area contributed by atoms with E-state index in [1.807, 2.05) is 0 Å². The Morgan fingerprint density at radius 2 is 2.33 bits per heavy atom. The molecular formula is C6H8AlN3O2. The highest BCUT2D eigenvalue weighted by molar-refractivity contribution is 6.05. The summed E-state index contributed by atoms with van der Waals surface area (Å²) in [6.07, 6.45) is 2.64. The maximum Gasteiger partial charge on any atom is 0.406 e. The Kier molecular flexibility index (Phi) is 2.63. The number of rotatable bonds is 2. The molecule has 0 spiro atoms. The van der Waals surface area contributed by atoms with Gasteiger partial charge in [-0.25, -0.2) is 4.79 Å². The van der Waals surface area contributed by atoms with Crippen molar-refractivity contribution in [2.75, 3.05) is 0 Å². The molecule has 0 aliphatic rings. The number of nitrogens with zero attached hydrogens (tertiary/aromatic N) is 3. The third-order valence-electron chi connectivity index (χ3n) is 1.43. The first kappa shape index (κ1) is 8.97. The Labute approximate surface area is 76.6 Å². The van der Waals surface area contributed by atoms with Crippen molar-refractivity contribution >= 4 is 16.5 Å². The topological polar surface area (TPSA) is 56.9 Å². The quantitative estimate of drug-likeness (QED) is 0.391. The molecular weight excluding hydrogens is 173 g/mol. The van der Waals surface area contributed by atoms with Gasteiger partial charge in [0, 0.05) is 6.54 Å². The van der Waals surface area contributed by atoms with Crippen molar-refractivity contribution in [2.45, 2.75) is 6.54 Å². The van der Waals surface area contributed by atoms with Crippen LogP contribution in [0.5, 0.6) is 0 Å². The lowest BCUT2D eigenvalue weighted by Crippen LogP contribution is -2.40. The number of allylic oxidation sites excluding steroid dienone is 1. The second-order valence-electron chi connectivity index (χ2n) is 2.29. The summed E-state index contributed by atoms with van der Waals surface area (Å²) >= 11 is 0.479. The highest BCUT2D eigenvalue weighted by Gasteiger charge is 1.99. The first-order chi connectivity index (χ1) is 5.66. The molecule has 5 nitrogen and oxygen atoms in total. The summed E-state index contributed by atoms with van der Waals surface area (Å²) in [5.41, 5.74) is -0.749. The van der Waals surface area contributed by atoms with Gasteiger partial charge in [0.1, 0.15) is 6.20 Å². The first-order valence-corrected chi connectivity index (χ1v) is 4.30. The van der Waals surface area contributed by atoms with E-state index in [9.17, 15) is 9.59 Å². The SMILES string of the molecule is C=CCn1c(=O)cn[n]([AlH2])c1=O. The molecule has 0 amide bonds. The van der Waals surface area contributed by atoms with Crippen LogP contribution in [0, 0.1) is 0 Å². The first-order valence-electron chi connectivity index (χ1n) is 3.41. The van der Waals surface area contributed by atoms with Gasteiger partial charge in [-0.15, -0.1) is 6.58 Å². The Hall–Kier alpha value is -1.12. The highest BCUT2D eigenvalue weighted by atomic mass is 27.1. The van der Waals surface area contributed by atoms with Gasteiger partial charge in [0.15, 0.2) is 0 Å². The molecule has 1 heterocycles. The summed E-state index contributed by atoms with van der Waals surface area (Å²) in [5, 5.41) is 3.62. The van der Waals surface area contributed by atoms with Crippen molar-refractivity contribution in [3.8, 4) is 0 Å². The van der Waals surface area contributed by atoms with Crippen LogP contribution in [0.4, 0.5) is 0 Å².